The van der Waals surface area contributed by atoms with E-state index in [0.29, 0.717) is 11.8 Å². The Hall–Kier alpha value is -2.90. The molecule has 1 aliphatic heterocycles. The fraction of sp³-hybridized carbons (Fsp3) is 0.360. The van der Waals surface area contributed by atoms with Crippen LogP contribution >= 0.6 is 11.3 Å². The van der Waals surface area contributed by atoms with Crippen LogP contribution in [0.15, 0.2) is 48.5 Å². The van der Waals surface area contributed by atoms with Crippen molar-refractivity contribution in [3.8, 4) is 17.0 Å². The van der Waals surface area contributed by atoms with E-state index in [1.807, 2.05) is 12.1 Å². The minimum absolute atomic E-state index is 0.301. The number of ether oxygens (including phenoxy) is 1. The molecule has 2 fully saturated rings. The molecule has 1 amide bonds. The number of thiazole rings is 1. The van der Waals surface area contributed by atoms with Crippen molar-refractivity contribution in [2.75, 3.05) is 33.3 Å². The third-order valence-corrected chi connectivity index (χ3v) is 7.59. The summed E-state index contributed by atoms with van der Waals surface area (Å²) in [5.41, 5.74) is 4.57. The average molecular weight is 447 g/mol. The molecule has 2 aliphatic rings. The Balaban J connectivity index is 1.36. The van der Waals surface area contributed by atoms with Crippen LogP contribution in [0, 0.1) is 5.92 Å². The van der Waals surface area contributed by atoms with Crippen LogP contribution in [0.1, 0.15) is 18.5 Å². The lowest BCUT2D eigenvalue weighted by atomic mass is 10.1. The number of amides is 1. The van der Waals surface area contributed by atoms with Crippen molar-refractivity contribution in [3.63, 3.8) is 0 Å². The van der Waals surface area contributed by atoms with Crippen molar-refractivity contribution in [3.05, 3.63) is 54.2 Å². The summed E-state index contributed by atoms with van der Waals surface area (Å²) in [6.07, 6.45) is 2.15. The number of rotatable bonds is 5. The maximum atomic E-state index is 12.4. The van der Waals surface area contributed by atoms with Gasteiger partial charge in [-0.15, -0.1) is 0 Å². The number of fused-ring (bicyclic) bond motifs is 3. The molecule has 1 aliphatic carbocycles. The second kappa shape index (κ2) is 7.90. The number of piperazine rings is 1. The summed E-state index contributed by atoms with van der Waals surface area (Å²) >= 11 is 1.70. The second-order valence-electron chi connectivity index (χ2n) is 8.70. The summed E-state index contributed by atoms with van der Waals surface area (Å²) in [4.78, 5) is 23.0. The number of imidazole rings is 1. The molecule has 32 heavy (non-hydrogen) atoms. The Kier molecular flexibility index (Phi) is 4.88. The van der Waals surface area contributed by atoms with Gasteiger partial charge in [0.1, 0.15) is 5.75 Å². The van der Waals surface area contributed by atoms with Gasteiger partial charge in [-0.1, -0.05) is 41.7 Å². The summed E-state index contributed by atoms with van der Waals surface area (Å²) in [6.45, 7) is 4.25. The number of aromatic nitrogens is 2. The van der Waals surface area contributed by atoms with Crippen molar-refractivity contribution in [2.24, 2.45) is 5.92 Å². The van der Waals surface area contributed by atoms with Gasteiger partial charge in [0.15, 0.2) is 4.96 Å². The molecular weight excluding hydrogens is 420 g/mol. The van der Waals surface area contributed by atoms with Gasteiger partial charge in [-0.05, 0) is 31.0 Å². The van der Waals surface area contributed by atoms with Gasteiger partial charge in [-0.2, -0.15) is 0 Å². The smallest absolute Gasteiger partial charge is 0.225 e. The fourth-order valence-electron chi connectivity index (χ4n) is 4.63. The van der Waals surface area contributed by atoms with E-state index in [4.69, 9.17) is 9.72 Å². The maximum Gasteiger partial charge on any atom is 0.225 e. The quantitative estimate of drug-likeness (QED) is 0.459. The standard InChI is InChI=1S/C25H26N4O2S/c1-31-19-9-10-20-22(15-19)32-25-26-23(17-5-3-2-4-6-17)21(29(20)25)16-27-11-13-28(14-12-27)24(30)18-7-8-18/h2-6,9-10,15,18H,7-8,11-14,16H2,1H3. The monoisotopic (exact) mass is 446 g/mol. The van der Waals surface area contributed by atoms with Crippen molar-refractivity contribution in [2.45, 2.75) is 19.4 Å². The van der Waals surface area contributed by atoms with Gasteiger partial charge in [0.25, 0.3) is 0 Å². The highest BCUT2D eigenvalue weighted by atomic mass is 32.1. The minimum Gasteiger partial charge on any atom is -0.497 e. The lowest BCUT2D eigenvalue weighted by molar-refractivity contribution is -0.134. The van der Waals surface area contributed by atoms with E-state index in [9.17, 15) is 4.79 Å². The molecule has 1 saturated heterocycles. The number of hydrogen-bond acceptors (Lipinski definition) is 5. The number of benzene rings is 2. The predicted molar refractivity (Wildman–Crippen MR) is 127 cm³/mol. The van der Waals surface area contributed by atoms with E-state index in [2.05, 4.69) is 50.6 Å². The highest BCUT2D eigenvalue weighted by molar-refractivity contribution is 7.23. The molecule has 2 aromatic carbocycles. The number of methoxy groups -OCH3 is 1. The minimum atomic E-state index is 0.301. The van der Waals surface area contributed by atoms with Gasteiger partial charge in [-0.25, -0.2) is 4.98 Å². The highest BCUT2D eigenvalue weighted by Gasteiger charge is 2.34. The summed E-state index contributed by atoms with van der Waals surface area (Å²) in [7, 11) is 1.70. The first-order valence-electron chi connectivity index (χ1n) is 11.3. The Morgan fingerprint density at radius 3 is 2.59 bits per heavy atom. The molecule has 0 spiro atoms. The third-order valence-electron chi connectivity index (χ3n) is 6.58. The topological polar surface area (TPSA) is 50.1 Å². The summed E-state index contributed by atoms with van der Waals surface area (Å²) in [6, 6.07) is 16.7. The third kappa shape index (κ3) is 3.45. The molecule has 0 bridgehead atoms. The molecule has 6 rings (SSSR count). The molecule has 1 saturated carbocycles. The van der Waals surface area contributed by atoms with Gasteiger partial charge in [0.05, 0.1) is 28.7 Å². The predicted octanol–water partition coefficient (Wildman–Crippen LogP) is 4.28. The Bertz CT molecular complexity index is 1280. The molecule has 0 radical (unpaired) electrons. The van der Waals surface area contributed by atoms with E-state index in [1.54, 1.807) is 18.4 Å². The maximum absolute atomic E-state index is 12.4. The Labute approximate surface area is 191 Å². The SMILES string of the molecule is COc1ccc2c(c1)sc1nc(-c3ccccc3)c(CN3CCN(C(=O)C4CC4)CC3)n12. The van der Waals surface area contributed by atoms with Crippen LogP contribution in [0.5, 0.6) is 5.75 Å². The molecule has 7 heteroatoms. The van der Waals surface area contributed by atoms with Gasteiger partial charge >= 0.3 is 0 Å². The van der Waals surface area contributed by atoms with E-state index < -0.39 is 0 Å². The zero-order valence-corrected chi connectivity index (χ0v) is 19.0. The molecule has 3 heterocycles. The molecule has 164 valence electrons. The van der Waals surface area contributed by atoms with E-state index in [-0.39, 0.29) is 0 Å². The van der Waals surface area contributed by atoms with Crippen molar-refractivity contribution in [1.82, 2.24) is 19.2 Å². The van der Waals surface area contributed by atoms with Crippen LogP contribution in [-0.2, 0) is 11.3 Å². The van der Waals surface area contributed by atoms with Crippen LogP contribution in [0.25, 0.3) is 26.4 Å². The lowest BCUT2D eigenvalue weighted by Gasteiger charge is -2.34. The summed E-state index contributed by atoms with van der Waals surface area (Å²) in [5, 5.41) is 0. The average Bonchev–Trinajstić information content (AvgIpc) is 3.55. The normalized spacial score (nSPS) is 17.3. The number of carbonyl (C=O) groups is 1. The van der Waals surface area contributed by atoms with Crippen LogP contribution in [-0.4, -0.2) is 58.4 Å². The zero-order chi connectivity index (χ0) is 21.7. The van der Waals surface area contributed by atoms with Crippen LogP contribution in [0.3, 0.4) is 0 Å². The van der Waals surface area contributed by atoms with Crippen molar-refractivity contribution in [1.29, 1.82) is 0 Å². The summed E-state index contributed by atoms with van der Waals surface area (Å²) in [5.74, 6) is 1.53. The summed E-state index contributed by atoms with van der Waals surface area (Å²) < 4.78 is 8.91. The molecule has 0 unspecified atom stereocenters. The molecule has 2 aromatic heterocycles. The molecule has 0 atom stereocenters. The van der Waals surface area contributed by atoms with Gasteiger partial charge in [0.2, 0.25) is 5.91 Å². The highest BCUT2D eigenvalue weighted by Crippen LogP contribution is 2.35. The second-order valence-corrected chi connectivity index (χ2v) is 9.71. The molecule has 0 N–H and O–H groups in total. The van der Waals surface area contributed by atoms with Crippen LogP contribution in [0.4, 0.5) is 0 Å². The molecule has 4 aromatic rings. The van der Waals surface area contributed by atoms with Crippen LogP contribution in [0.2, 0.25) is 0 Å². The van der Waals surface area contributed by atoms with Crippen molar-refractivity contribution >= 4 is 32.4 Å². The van der Waals surface area contributed by atoms with Crippen LogP contribution < -0.4 is 4.74 Å². The first kappa shape index (κ1) is 19.8. The number of hydrogen-bond donors (Lipinski definition) is 0. The van der Waals surface area contributed by atoms with E-state index in [1.165, 1.54) is 10.4 Å². The fourth-order valence-corrected chi connectivity index (χ4v) is 5.71. The van der Waals surface area contributed by atoms with Gasteiger partial charge in [-0.3, -0.25) is 14.1 Å². The van der Waals surface area contributed by atoms with E-state index >= 15 is 0 Å². The zero-order valence-electron chi connectivity index (χ0n) is 18.2. The molecular formula is C25H26N4O2S. The molecule has 6 nitrogen and oxygen atoms in total. The largest absolute Gasteiger partial charge is 0.497 e. The van der Waals surface area contributed by atoms with Gasteiger partial charge in [0, 0.05) is 44.2 Å². The first-order valence-corrected chi connectivity index (χ1v) is 12.1. The van der Waals surface area contributed by atoms with Gasteiger partial charge < -0.3 is 9.64 Å². The number of carbonyl (C=O) groups excluding carboxylic acids is 1. The lowest BCUT2D eigenvalue weighted by Crippen LogP contribution is -2.48. The Morgan fingerprint density at radius 2 is 1.88 bits per heavy atom. The number of nitrogens with zero attached hydrogens (tertiary/aromatic N) is 4. The van der Waals surface area contributed by atoms with E-state index in [0.717, 1.165) is 73.0 Å². The van der Waals surface area contributed by atoms with Crippen molar-refractivity contribution < 1.29 is 9.53 Å². The Morgan fingerprint density at radius 1 is 1.09 bits per heavy atom. The first-order chi connectivity index (χ1) is 15.7.